The minimum atomic E-state index is -0.973. The third-order valence-electron chi connectivity index (χ3n) is 3.80. The van der Waals surface area contributed by atoms with E-state index in [1.54, 1.807) is 0 Å². The highest BCUT2D eigenvalue weighted by atomic mass is 79.9. The van der Waals surface area contributed by atoms with Crippen molar-refractivity contribution >= 4 is 21.8 Å². The number of benzene rings is 2. The first-order valence-electron chi connectivity index (χ1n) is 7.72. The molecule has 3 rings (SSSR count). The van der Waals surface area contributed by atoms with E-state index < -0.39 is 17.7 Å². The summed E-state index contributed by atoms with van der Waals surface area (Å²) in [6.45, 7) is 0.0318. The topological polar surface area (TPSA) is 72.7 Å². The molecule has 3 aromatic rings. The molecule has 0 aliphatic carbocycles. The molecule has 0 aliphatic rings. The van der Waals surface area contributed by atoms with Gasteiger partial charge in [0.1, 0.15) is 12.4 Å². The van der Waals surface area contributed by atoms with E-state index in [0.29, 0.717) is 16.5 Å². The minimum absolute atomic E-state index is 0.0318. The van der Waals surface area contributed by atoms with Crippen molar-refractivity contribution in [3.63, 3.8) is 0 Å². The molecule has 0 fully saturated rings. The summed E-state index contributed by atoms with van der Waals surface area (Å²) in [7, 11) is 0. The SMILES string of the molecule is O=C(NCc1cc(F)c(F)cc1Br)C(Cc1ccccc1)n1cnnn1. The number of rotatable bonds is 6. The number of nitrogens with one attached hydrogen (secondary N) is 1. The van der Waals surface area contributed by atoms with Crippen LogP contribution in [0.25, 0.3) is 0 Å². The lowest BCUT2D eigenvalue weighted by Gasteiger charge is -2.17. The molecule has 26 heavy (non-hydrogen) atoms. The molecule has 1 heterocycles. The van der Waals surface area contributed by atoms with Gasteiger partial charge in [0.05, 0.1) is 0 Å². The molecule has 134 valence electrons. The third-order valence-corrected chi connectivity index (χ3v) is 4.54. The highest BCUT2D eigenvalue weighted by Crippen LogP contribution is 2.21. The predicted octanol–water partition coefficient (Wildman–Crippen LogP) is 2.81. The predicted molar refractivity (Wildman–Crippen MR) is 92.9 cm³/mol. The van der Waals surface area contributed by atoms with Crippen molar-refractivity contribution in [2.45, 2.75) is 19.0 Å². The zero-order valence-electron chi connectivity index (χ0n) is 13.4. The quantitative estimate of drug-likeness (QED) is 0.621. The van der Waals surface area contributed by atoms with E-state index >= 15 is 0 Å². The Morgan fingerprint density at radius 3 is 2.62 bits per heavy atom. The van der Waals surface area contributed by atoms with E-state index in [0.717, 1.165) is 17.7 Å². The zero-order chi connectivity index (χ0) is 18.5. The van der Waals surface area contributed by atoms with E-state index in [4.69, 9.17) is 0 Å². The van der Waals surface area contributed by atoms with E-state index in [1.807, 2.05) is 30.3 Å². The van der Waals surface area contributed by atoms with Crippen LogP contribution in [0.1, 0.15) is 17.2 Å². The van der Waals surface area contributed by atoms with Gasteiger partial charge in [-0.05, 0) is 33.7 Å². The second-order valence-electron chi connectivity index (χ2n) is 5.57. The smallest absolute Gasteiger partial charge is 0.245 e. The van der Waals surface area contributed by atoms with Crippen LogP contribution in [0.4, 0.5) is 8.78 Å². The van der Waals surface area contributed by atoms with E-state index in [2.05, 4.69) is 36.8 Å². The Hall–Kier alpha value is -2.68. The summed E-state index contributed by atoms with van der Waals surface area (Å²) in [5.41, 5.74) is 1.37. The van der Waals surface area contributed by atoms with Crippen LogP contribution in [-0.2, 0) is 17.8 Å². The summed E-state index contributed by atoms with van der Waals surface area (Å²) < 4.78 is 28.3. The van der Waals surface area contributed by atoms with Crippen LogP contribution in [-0.4, -0.2) is 26.1 Å². The molecule has 0 saturated heterocycles. The number of hydrogen-bond donors (Lipinski definition) is 1. The molecule has 2 aromatic carbocycles. The summed E-state index contributed by atoms with van der Waals surface area (Å²) in [6.07, 6.45) is 1.75. The number of tetrazole rings is 1. The number of amides is 1. The highest BCUT2D eigenvalue weighted by molar-refractivity contribution is 9.10. The lowest BCUT2D eigenvalue weighted by atomic mass is 10.1. The first-order valence-corrected chi connectivity index (χ1v) is 8.51. The zero-order valence-corrected chi connectivity index (χ0v) is 15.0. The summed E-state index contributed by atoms with van der Waals surface area (Å²) in [5.74, 6) is -2.26. The Bertz CT molecular complexity index is 890. The van der Waals surface area contributed by atoms with E-state index in [-0.39, 0.29) is 12.5 Å². The van der Waals surface area contributed by atoms with Gasteiger partial charge in [-0.3, -0.25) is 4.79 Å². The van der Waals surface area contributed by atoms with Crippen LogP contribution in [0, 0.1) is 11.6 Å². The largest absolute Gasteiger partial charge is 0.350 e. The molecule has 0 spiro atoms. The fourth-order valence-corrected chi connectivity index (χ4v) is 2.91. The molecule has 0 aliphatic heterocycles. The van der Waals surface area contributed by atoms with Gasteiger partial charge in [0.2, 0.25) is 5.91 Å². The van der Waals surface area contributed by atoms with Gasteiger partial charge in [0, 0.05) is 17.4 Å². The Morgan fingerprint density at radius 2 is 1.92 bits per heavy atom. The monoisotopic (exact) mass is 421 g/mol. The van der Waals surface area contributed by atoms with Crippen LogP contribution in [0.15, 0.2) is 53.3 Å². The van der Waals surface area contributed by atoms with E-state index in [1.165, 1.54) is 11.0 Å². The van der Waals surface area contributed by atoms with Crippen LogP contribution in [0.2, 0.25) is 0 Å². The average Bonchev–Trinajstić information content (AvgIpc) is 3.16. The second kappa shape index (κ2) is 8.13. The van der Waals surface area contributed by atoms with Crippen molar-refractivity contribution in [2.24, 2.45) is 0 Å². The summed E-state index contributed by atoms with van der Waals surface area (Å²) >= 11 is 3.17. The van der Waals surface area contributed by atoms with Crippen LogP contribution in [0.3, 0.4) is 0 Å². The van der Waals surface area contributed by atoms with Gasteiger partial charge in [-0.15, -0.1) is 5.10 Å². The van der Waals surface area contributed by atoms with Gasteiger partial charge in [0.25, 0.3) is 0 Å². The fourth-order valence-electron chi connectivity index (χ4n) is 2.45. The van der Waals surface area contributed by atoms with Crippen molar-refractivity contribution in [3.05, 3.63) is 76.0 Å². The molecular formula is C17H14BrF2N5O. The number of halogens is 3. The first-order chi connectivity index (χ1) is 12.5. The third kappa shape index (κ3) is 4.29. The van der Waals surface area contributed by atoms with Crippen LogP contribution >= 0.6 is 15.9 Å². The van der Waals surface area contributed by atoms with Gasteiger partial charge in [-0.25, -0.2) is 13.5 Å². The Morgan fingerprint density at radius 1 is 1.19 bits per heavy atom. The van der Waals surface area contributed by atoms with Gasteiger partial charge >= 0.3 is 0 Å². The van der Waals surface area contributed by atoms with E-state index in [9.17, 15) is 13.6 Å². The Labute approximate surface area is 156 Å². The molecule has 1 aromatic heterocycles. The number of hydrogen-bond acceptors (Lipinski definition) is 4. The van der Waals surface area contributed by atoms with Gasteiger partial charge in [-0.1, -0.05) is 46.3 Å². The van der Waals surface area contributed by atoms with Crippen molar-refractivity contribution in [1.82, 2.24) is 25.5 Å². The molecule has 1 unspecified atom stereocenters. The fraction of sp³-hybridized carbons (Fsp3) is 0.176. The van der Waals surface area contributed by atoms with Gasteiger partial charge in [0.15, 0.2) is 11.6 Å². The normalized spacial score (nSPS) is 12.0. The molecule has 1 amide bonds. The molecule has 0 saturated carbocycles. The Kier molecular flexibility index (Phi) is 5.67. The van der Waals surface area contributed by atoms with Crippen molar-refractivity contribution in [1.29, 1.82) is 0 Å². The lowest BCUT2D eigenvalue weighted by Crippen LogP contribution is -2.34. The maximum atomic E-state index is 13.4. The van der Waals surface area contributed by atoms with Gasteiger partial charge in [-0.2, -0.15) is 0 Å². The molecule has 1 N–H and O–H groups in total. The lowest BCUT2D eigenvalue weighted by molar-refractivity contribution is -0.124. The number of carbonyl (C=O) groups excluding carboxylic acids is 1. The number of carbonyl (C=O) groups is 1. The van der Waals surface area contributed by atoms with Crippen LogP contribution < -0.4 is 5.32 Å². The minimum Gasteiger partial charge on any atom is -0.350 e. The Balaban J connectivity index is 1.75. The van der Waals surface area contributed by atoms with Crippen molar-refractivity contribution < 1.29 is 13.6 Å². The number of nitrogens with zero attached hydrogens (tertiary/aromatic N) is 4. The maximum absolute atomic E-state index is 13.4. The molecular weight excluding hydrogens is 408 g/mol. The first kappa shape index (κ1) is 18.1. The molecule has 0 bridgehead atoms. The summed E-state index contributed by atoms with van der Waals surface area (Å²) in [5, 5.41) is 13.7. The summed E-state index contributed by atoms with van der Waals surface area (Å²) in [4.78, 5) is 12.7. The van der Waals surface area contributed by atoms with Crippen molar-refractivity contribution in [3.8, 4) is 0 Å². The van der Waals surface area contributed by atoms with Crippen molar-refractivity contribution in [2.75, 3.05) is 0 Å². The van der Waals surface area contributed by atoms with Crippen LogP contribution in [0.5, 0.6) is 0 Å². The maximum Gasteiger partial charge on any atom is 0.245 e. The summed E-state index contributed by atoms with van der Waals surface area (Å²) in [6, 6.07) is 10.8. The molecule has 0 radical (unpaired) electrons. The molecule has 6 nitrogen and oxygen atoms in total. The standard InChI is InChI=1S/C17H14BrF2N5O/c18-13-8-15(20)14(19)7-12(13)9-21-17(26)16(25-10-22-23-24-25)6-11-4-2-1-3-5-11/h1-5,7-8,10,16H,6,9H2,(H,21,26). The average molecular weight is 422 g/mol. The second-order valence-corrected chi connectivity index (χ2v) is 6.43. The number of aromatic nitrogens is 4. The molecule has 1 atom stereocenters. The van der Waals surface area contributed by atoms with Gasteiger partial charge < -0.3 is 5.32 Å². The highest BCUT2D eigenvalue weighted by Gasteiger charge is 2.22. The molecule has 9 heteroatoms.